The molecule has 1 heterocycles. The average molecular weight is 279 g/mol. The zero-order valence-corrected chi connectivity index (χ0v) is 12.6. The Labute approximate surface area is 120 Å². The Bertz CT molecular complexity index is 437. The highest BCUT2D eigenvalue weighted by molar-refractivity contribution is 5.80. The summed E-state index contributed by atoms with van der Waals surface area (Å²) >= 11 is 0. The monoisotopic (exact) mass is 279 g/mol. The van der Waals surface area contributed by atoms with Crippen molar-refractivity contribution in [2.45, 2.75) is 71.1 Å². The van der Waals surface area contributed by atoms with Crippen molar-refractivity contribution < 1.29 is 4.79 Å². The van der Waals surface area contributed by atoms with Gasteiger partial charge in [0.05, 0.1) is 11.9 Å². The molecule has 1 amide bonds. The summed E-state index contributed by atoms with van der Waals surface area (Å²) in [6, 6.07) is 0.440. The second kappa shape index (κ2) is 6.83. The predicted octanol–water partition coefficient (Wildman–Crippen LogP) is 1.40. The Morgan fingerprint density at radius 3 is 2.75 bits per heavy atom. The van der Waals surface area contributed by atoms with E-state index >= 15 is 0 Å². The fourth-order valence-corrected chi connectivity index (χ4v) is 2.40. The van der Waals surface area contributed by atoms with Crippen LogP contribution in [0.15, 0.2) is 6.20 Å². The molecule has 1 unspecified atom stereocenters. The molecule has 1 fully saturated rings. The lowest BCUT2D eigenvalue weighted by molar-refractivity contribution is -0.124. The first-order valence-electron chi connectivity index (χ1n) is 7.50. The largest absolute Gasteiger partial charge is 0.352 e. The maximum absolute atomic E-state index is 12.2. The van der Waals surface area contributed by atoms with E-state index in [1.807, 2.05) is 13.1 Å². The Kier molecular flexibility index (Phi) is 5.11. The Balaban J connectivity index is 1.87. The van der Waals surface area contributed by atoms with Crippen molar-refractivity contribution in [2.75, 3.05) is 0 Å². The lowest BCUT2D eigenvalue weighted by atomic mass is 10.2. The summed E-state index contributed by atoms with van der Waals surface area (Å²) in [5.74, 6) is 0.0326. The zero-order chi connectivity index (χ0) is 14.5. The molecule has 6 heteroatoms. The normalized spacial score (nSPS) is 17.6. The fourth-order valence-electron chi connectivity index (χ4n) is 2.40. The smallest absolute Gasteiger partial charge is 0.244 e. The van der Waals surface area contributed by atoms with Crippen LogP contribution in [0.1, 0.15) is 58.2 Å². The number of nitrogens with one attached hydrogen (secondary N) is 2. The summed E-state index contributed by atoms with van der Waals surface area (Å²) in [6.07, 6.45) is 6.47. The average Bonchev–Trinajstić information content (AvgIpc) is 3.06. The molecule has 1 aromatic heterocycles. The van der Waals surface area contributed by atoms with Crippen LogP contribution in [0.5, 0.6) is 0 Å². The van der Waals surface area contributed by atoms with Crippen molar-refractivity contribution in [3.8, 4) is 0 Å². The highest BCUT2D eigenvalue weighted by Gasteiger charge is 2.22. The van der Waals surface area contributed by atoms with Gasteiger partial charge < -0.3 is 10.6 Å². The molecule has 1 aliphatic rings. The lowest BCUT2D eigenvalue weighted by Crippen LogP contribution is -2.37. The van der Waals surface area contributed by atoms with Gasteiger partial charge in [0.25, 0.3) is 0 Å². The van der Waals surface area contributed by atoms with Gasteiger partial charge in [-0.2, -0.15) is 0 Å². The summed E-state index contributed by atoms with van der Waals surface area (Å²) in [4.78, 5) is 12.2. The van der Waals surface area contributed by atoms with E-state index in [9.17, 15) is 4.79 Å². The van der Waals surface area contributed by atoms with Gasteiger partial charge in [-0.1, -0.05) is 31.9 Å². The minimum atomic E-state index is -0.309. The topological polar surface area (TPSA) is 71.8 Å². The first-order chi connectivity index (χ1) is 9.56. The summed E-state index contributed by atoms with van der Waals surface area (Å²) in [7, 11) is 0. The Morgan fingerprint density at radius 1 is 1.40 bits per heavy atom. The van der Waals surface area contributed by atoms with Gasteiger partial charge in [-0.05, 0) is 19.8 Å². The first kappa shape index (κ1) is 15.0. The number of carbonyl (C=O) groups excluding carboxylic acids is 1. The third-order valence-electron chi connectivity index (χ3n) is 3.73. The van der Waals surface area contributed by atoms with Crippen LogP contribution in [-0.2, 0) is 11.3 Å². The van der Waals surface area contributed by atoms with E-state index in [1.165, 1.54) is 12.8 Å². The van der Waals surface area contributed by atoms with Gasteiger partial charge in [0.2, 0.25) is 5.91 Å². The van der Waals surface area contributed by atoms with Gasteiger partial charge in [0.15, 0.2) is 0 Å². The van der Waals surface area contributed by atoms with Gasteiger partial charge in [-0.25, -0.2) is 4.68 Å². The molecule has 0 aromatic carbocycles. The van der Waals surface area contributed by atoms with Gasteiger partial charge >= 0.3 is 0 Å². The van der Waals surface area contributed by atoms with Crippen molar-refractivity contribution in [3.05, 3.63) is 11.9 Å². The summed E-state index contributed by atoms with van der Waals surface area (Å²) in [6.45, 7) is 6.71. The van der Waals surface area contributed by atoms with E-state index < -0.39 is 0 Å². The number of amides is 1. The molecule has 0 radical (unpaired) electrons. The van der Waals surface area contributed by atoms with Crippen LogP contribution < -0.4 is 10.6 Å². The quantitative estimate of drug-likeness (QED) is 0.825. The second-order valence-electron chi connectivity index (χ2n) is 5.89. The molecule has 2 rings (SSSR count). The van der Waals surface area contributed by atoms with E-state index in [2.05, 4.69) is 34.8 Å². The van der Waals surface area contributed by atoms with E-state index in [1.54, 1.807) is 4.68 Å². The molecule has 0 aliphatic heterocycles. The number of hydrogen-bond donors (Lipinski definition) is 2. The molecule has 0 saturated heterocycles. The molecule has 0 bridgehead atoms. The second-order valence-corrected chi connectivity index (χ2v) is 5.89. The first-order valence-corrected chi connectivity index (χ1v) is 7.50. The summed E-state index contributed by atoms with van der Waals surface area (Å²) in [5.41, 5.74) is 0.860. The van der Waals surface area contributed by atoms with Crippen LogP contribution in [0.25, 0.3) is 0 Å². The van der Waals surface area contributed by atoms with Crippen molar-refractivity contribution >= 4 is 5.91 Å². The minimum absolute atomic E-state index is 0.0326. The van der Waals surface area contributed by atoms with Crippen LogP contribution >= 0.6 is 0 Å². The number of carbonyl (C=O) groups is 1. The van der Waals surface area contributed by atoms with Crippen molar-refractivity contribution in [1.82, 2.24) is 25.6 Å². The molecule has 1 aromatic rings. The van der Waals surface area contributed by atoms with E-state index in [-0.39, 0.29) is 11.9 Å². The molecule has 20 heavy (non-hydrogen) atoms. The molecule has 112 valence electrons. The zero-order valence-electron chi connectivity index (χ0n) is 12.6. The van der Waals surface area contributed by atoms with Crippen LogP contribution in [0.2, 0.25) is 0 Å². The van der Waals surface area contributed by atoms with Gasteiger partial charge in [0.1, 0.15) is 6.04 Å². The van der Waals surface area contributed by atoms with E-state index in [0.717, 1.165) is 18.5 Å². The maximum atomic E-state index is 12.2. The van der Waals surface area contributed by atoms with Crippen LogP contribution in [0.3, 0.4) is 0 Å². The standard InChI is InChI=1S/C14H25N5O/c1-10(2)15-8-13-9-19(18-17-13)11(3)14(20)16-12-6-4-5-7-12/h9-12,15H,4-8H2,1-3H3,(H,16,20). The van der Waals surface area contributed by atoms with Gasteiger partial charge in [-0.3, -0.25) is 4.79 Å². The molecule has 2 N–H and O–H groups in total. The number of nitrogens with zero attached hydrogens (tertiary/aromatic N) is 3. The van der Waals surface area contributed by atoms with Crippen LogP contribution in [0, 0.1) is 0 Å². The molecule has 1 saturated carbocycles. The third kappa shape index (κ3) is 4.03. The molecular weight excluding hydrogens is 254 g/mol. The third-order valence-corrected chi connectivity index (χ3v) is 3.73. The van der Waals surface area contributed by atoms with Gasteiger partial charge in [-0.15, -0.1) is 5.10 Å². The highest BCUT2D eigenvalue weighted by Crippen LogP contribution is 2.18. The SMILES string of the molecule is CC(C)NCc1cn(C(C)C(=O)NC2CCCC2)nn1. The summed E-state index contributed by atoms with van der Waals surface area (Å²) < 4.78 is 1.64. The fraction of sp³-hybridized carbons (Fsp3) is 0.786. The Morgan fingerprint density at radius 2 is 2.10 bits per heavy atom. The lowest BCUT2D eigenvalue weighted by Gasteiger charge is -2.16. The Hall–Kier alpha value is -1.43. The van der Waals surface area contributed by atoms with Crippen molar-refractivity contribution in [3.63, 3.8) is 0 Å². The molecule has 6 nitrogen and oxygen atoms in total. The van der Waals surface area contributed by atoms with Crippen LogP contribution in [-0.4, -0.2) is 33.0 Å². The van der Waals surface area contributed by atoms with Gasteiger partial charge in [0, 0.05) is 18.6 Å². The van der Waals surface area contributed by atoms with E-state index in [0.29, 0.717) is 18.6 Å². The van der Waals surface area contributed by atoms with Crippen molar-refractivity contribution in [2.24, 2.45) is 0 Å². The van der Waals surface area contributed by atoms with Crippen molar-refractivity contribution in [1.29, 1.82) is 0 Å². The molecule has 1 atom stereocenters. The predicted molar refractivity (Wildman–Crippen MR) is 77.1 cm³/mol. The van der Waals surface area contributed by atoms with E-state index in [4.69, 9.17) is 0 Å². The number of hydrogen-bond acceptors (Lipinski definition) is 4. The highest BCUT2D eigenvalue weighted by atomic mass is 16.2. The molecular formula is C14H25N5O. The summed E-state index contributed by atoms with van der Waals surface area (Å²) in [5, 5.41) is 14.5. The van der Waals surface area contributed by atoms with Crippen LogP contribution in [0.4, 0.5) is 0 Å². The molecule has 1 aliphatic carbocycles. The maximum Gasteiger partial charge on any atom is 0.244 e. The number of rotatable bonds is 6. The molecule has 0 spiro atoms. The number of aromatic nitrogens is 3. The minimum Gasteiger partial charge on any atom is -0.352 e.